The monoisotopic (exact) mass is 154 g/mol. The molecule has 0 unspecified atom stereocenters. The predicted molar refractivity (Wildman–Crippen MR) is 50.6 cm³/mol. The molecule has 0 heterocycles. The average Bonchev–Trinajstić information content (AvgIpc) is 1.86. The molecule has 0 saturated heterocycles. The summed E-state index contributed by atoms with van der Waals surface area (Å²) in [5.41, 5.74) is 6.29. The van der Waals surface area contributed by atoms with Gasteiger partial charge in [0.1, 0.15) is 0 Å². The lowest BCUT2D eigenvalue weighted by atomic mass is 10.2. The van der Waals surface area contributed by atoms with Crippen LogP contribution in [0.4, 0.5) is 0 Å². The first-order valence-corrected chi connectivity index (χ1v) is 4.15. The van der Waals surface area contributed by atoms with E-state index in [0.29, 0.717) is 5.84 Å². The smallest absolute Gasteiger partial charge is 0.0960 e. The molecule has 0 rings (SSSR count). The van der Waals surface area contributed by atoms with Gasteiger partial charge >= 0.3 is 0 Å². The van der Waals surface area contributed by atoms with E-state index in [1.54, 1.807) is 6.92 Å². The maximum atomic E-state index is 5.39. The topological polar surface area (TPSA) is 38.4 Å². The van der Waals surface area contributed by atoms with Gasteiger partial charge in [-0.3, -0.25) is 0 Å². The largest absolute Gasteiger partial charge is 0.387 e. The molecule has 0 aromatic carbocycles. The molecule has 0 saturated carbocycles. The van der Waals surface area contributed by atoms with Crippen molar-refractivity contribution >= 4 is 5.84 Å². The summed E-state index contributed by atoms with van der Waals surface area (Å²) < 4.78 is 0. The molecule has 0 fully saturated rings. The highest BCUT2D eigenvalue weighted by Gasteiger charge is 1.90. The van der Waals surface area contributed by atoms with Gasteiger partial charge in [-0.25, -0.2) is 4.99 Å². The van der Waals surface area contributed by atoms with E-state index >= 15 is 0 Å². The van der Waals surface area contributed by atoms with Gasteiger partial charge in [-0.05, 0) is 19.8 Å². The maximum Gasteiger partial charge on any atom is 0.0960 e. The molecule has 0 aliphatic carbocycles. The summed E-state index contributed by atoms with van der Waals surface area (Å²) in [6.07, 6.45) is 4.63. The van der Waals surface area contributed by atoms with Gasteiger partial charge in [0, 0.05) is 5.70 Å². The molecular formula is C9H18N2. The molecule has 0 atom stereocenters. The van der Waals surface area contributed by atoms with E-state index in [1.807, 2.05) is 0 Å². The molecule has 2 nitrogen and oxygen atoms in total. The standard InChI is InChI=1S/C9H18N2/c1-4-5-6-7-8(2)11-9(3)10/h2,4-7H2,1,3H3,(H2,10,11). The van der Waals surface area contributed by atoms with E-state index in [-0.39, 0.29) is 0 Å². The summed E-state index contributed by atoms with van der Waals surface area (Å²) in [6, 6.07) is 0. The van der Waals surface area contributed by atoms with E-state index in [4.69, 9.17) is 5.73 Å². The Labute approximate surface area is 69.2 Å². The van der Waals surface area contributed by atoms with Gasteiger partial charge in [0.25, 0.3) is 0 Å². The Hall–Kier alpha value is -0.790. The summed E-state index contributed by atoms with van der Waals surface area (Å²) in [4.78, 5) is 4.05. The average molecular weight is 154 g/mol. The zero-order valence-electron chi connectivity index (χ0n) is 7.56. The lowest BCUT2D eigenvalue weighted by Gasteiger charge is -1.98. The van der Waals surface area contributed by atoms with Gasteiger partial charge in [0.2, 0.25) is 0 Å². The highest BCUT2D eigenvalue weighted by Crippen LogP contribution is 2.07. The van der Waals surface area contributed by atoms with Crippen molar-refractivity contribution in [2.75, 3.05) is 0 Å². The lowest BCUT2D eigenvalue weighted by molar-refractivity contribution is 0.711. The van der Waals surface area contributed by atoms with Crippen molar-refractivity contribution < 1.29 is 0 Å². The zero-order chi connectivity index (χ0) is 8.69. The van der Waals surface area contributed by atoms with Crippen LogP contribution in [0.3, 0.4) is 0 Å². The van der Waals surface area contributed by atoms with E-state index in [9.17, 15) is 0 Å². The van der Waals surface area contributed by atoms with Crippen LogP contribution >= 0.6 is 0 Å². The van der Waals surface area contributed by atoms with Gasteiger partial charge in [0.05, 0.1) is 5.84 Å². The molecule has 0 spiro atoms. The predicted octanol–water partition coefficient (Wildman–Crippen LogP) is 2.46. The minimum atomic E-state index is 0.603. The number of hydrogen-bond donors (Lipinski definition) is 1. The second kappa shape index (κ2) is 5.96. The Balaban J connectivity index is 3.46. The van der Waals surface area contributed by atoms with E-state index in [0.717, 1.165) is 12.1 Å². The van der Waals surface area contributed by atoms with Gasteiger partial charge in [0.15, 0.2) is 0 Å². The van der Waals surface area contributed by atoms with Gasteiger partial charge < -0.3 is 5.73 Å². The SMILES string of the molecule is C=C(CCCCC)N=C(C)N. The quantitative estimate of drug-likeness (QED) is 0.369. The van der Waals surface area contributed by atoms with Gasteiger partial charge in [-0.15, -0.1) is 0 Å². The van der Waals surface area contributed by atoms with Crippen LogP contribution in [0, 0.1) is 0 Å². The molecule has 0 aromatic heterocycles. The first-order valence-electron chi connectivity index (χ1n) is 4.15. The third kappa shape index (κ3) is 7.10. The van der Waals surface area contributed by atoms with Crippen molar-refractivity contribution in [3.8, 4) is 0 Å². The van der Waals surface area contributed by atoms with Crippen LogP contribution in [-0.4, -0.2) is 5.84 Å². The summed E-state index contributed by atoms with van der Waals surface area (Å²) >= 11 is 0. The van der Waals surface area contributed by atoms with E-state index < -0.39 is 0 Å². The number of aliphatic imine (C=N–C) groups is 1. The first kappa shape index (κ1) is 10.2. The second-order valence-corrected chi connectivity index (χ2v) is 2.78. The van der Waals surface area contributed by atoms with Crippen LogP contribution in [-0.2, 0) is 0 Å². The third-order valence-corrected chi connectivity index (χ3v) is 1.40. The maximum absolute atomic E-state index is 5.39. The molecular weight excluding hydrogens is 136 g/mol. The van der Waals surface area contributed by atoms with Crippen LogP contribution in [0.1, 0.15) is 39.5 Å². The molecule has 0 radical (unpaired) electrons. The minimum Gasteiger partial charge on any atom is -0.387 e. The molecule has 0 aliphatic heterocycles. The van der Waals surface area contributed by atoms with Crippen LogP contribution in [0.25, 0.3) is 0 Å². The number of unbranched alkanes of at least 4 members (excludes halogenated alkanes) is 2. The summed E-state index contributed by atoms with van der Waals surface area (Å²) in [5, 5.41) is 0. The van der Waals surface area contributed by atoms with Crippen molar-refractivity contribution in [3.63, 3.8) is 0 Å². The van der Waals surface area contributed by atoms with Gasteiger partial charge in [-0.1, -0.05) is 26.3 Å². The van der Waals surface area contributed by atoms with Crippen molar-refractivity contribution in [1.82, 2.24) is 0 Å². The number of nitrogens with zero attached hydrogens (tertiary/aromatic N) is 1. The summed E-state index contributed by atoms with van der Waals surface area (Å²) in [7, 11) is 0. The number of allylic oxidation sites excluding steroid dienone is 1. The second-order valence-electron chi connectivity index (χ2n) is 2.78. The van der Waals surface area contributed by atoms with E-state index in [2.05, 4.69) is 18.5 Å². The molecule has 0 aromatic rings. The number of amidine groups is 1. The molecule has 0 bridgehead atoms. The normalized spacial score (nSPS) is 11.6. The Morgan fingerprint density at radius 2 is 2.09 bits per heavy atom. The Bertz CT molecular complexity index is 144. The Morgan fingerprint density at radius 1 is 1.45 bits per heavy atom. The Morgan fingerprint density at radius 3 is 2.55 bits per heavy atom. The molecule has 64 valence electrons. The molecule has 11 heavy (non-hydrogen) atoms. The van der Waals surface area contributed by atoms with Gasteiger partial charge in [-0.2, -0.15) is 0 Å². The first-order chi connectivity index (χ1) is 5.16. The number of rotatable bonds is 5. The fourth-order valence-corrected chi connectivity index (χ4v) is 0.884. The van der Waals surface area contributed by atoms with Crippen molar-refractivity contribution in [1.29, 1.82) is 0 Å². The fraction of sp³-hybridized carbons (Fsp3) is 0.667. The number of hydrogen-bond acceptors (Lipinski definition) is 1. The van der Waals surface area contributed by atoms with Crippen molar-refractivity contribution in [2.45, 2.75) is 39.5 Å². The fourth-order valence-electron chi connectivity index (χ4n) is 0.884. The summed E-state index contributed by atoms with van der Waals surface area (Å²) in [5.74, 6) is 0.603. The van der Waals surface area contributed by atoms with Crippen molar-refractivity contribution in [3.05, 3.63) is 12.3 Å². The van der Waals surface area contributed by atoms with Crippen molar-refractivity contribution in [2.24, 2.45) is 10.7 Å². The number of nitrogens with two attached hydrogens (primary N) is 1. The van der Waals surface area contributed by atoms with E-state index in [1.165, 1.54) is 19.3 Å². The van der Waals surface area contributed by atoms with Crippen LogP contribution in [0.15, 0.2) is 17.3 Å². The highest BCUT2D eigenvalue weighted by atomic mass is 14.8. The van der Waals surface area contributed by atoms with Crippen LogP contribution in [0.2, 0.25) is 0 Å². The molecule has 0 amide bonds. The van der Waals surface area contributed by atoms with Crippen LogP contribution in [0.5, 0.6) is 0 Å². The van der Waals surface area contributed by atoms with Crippen LogP contribution < -0.4 is 5.73 Å². The lowest BCUT2D eigenvalue weighted by Crippen LogP contribution is -2.05. The third-order valence-electron chi connectivity index (χ3n) is 1.40. The molecule has 2 N–H and O–H groups in total. The zero-order valence-corrected chi connectivity index (χ0v) is 7.56. The minimum absolute atomic E-state index is 0.603. The Kier molecular flexibility index (Phi) is 5.53. The summed E-state index contributed by atoms with van der Waals surface area (Å²) in [6.45, 7) is 7.76. The molecule has 2 heteroatoms. The highest BCUT2D eigenvalue weighted by molar-refractivity contribution is 5.78. The molecule has 0 aliphatic rings.